The standard InChI is InChI=1S/C14H22N2O3/c1-3-16(8-5-9-17)13-7-6-11(15)10-12(13)14(18)19-4-2/h6-7,10,17H,3-5,8-9,15H2,1-2H3. The number of nitrogen functional groups attached to an aromatic ring is 1. The highest BCUT2D eigenvalue weighted by Crippen LogP contribution is 2.24. The van der Waals surface area contributed by atoms with Gasteiger partial charge >= 0.3 is 5.97 Å². The largest absolute Gasteiger partial charge is 0.462 e. The maximum Gasteiger partial charge on any atom is 0.340 e. The first-order valence-corrected chi connectivity index (χ1v) is 6.56. The fourth-order valence-electron chi connectivity index (χ4n) is 1.91. The van der Waals surface area contributed by atoms with Crippen LogP contribution in [0.3, 0.4) is 0 Å². The smallest absolute Gasteiger partial charge is 0.340 e. The van der Waals surface area contributed by atoms with Crippen molar-refractivity contribution in [3.8, 4) is 0 Å². The fraction of sp³-hybridized carbons (Fsp3) is 0.500. The quantitative estimate of drug-likeness (QED) is 0.580. The van der Waals surface area contributed by atoms with E-state index < -0.39 is 0 Å². The van der Waals surface area contributed by atoms with Gasteiger partial charge in [-0.25, -0.2) is 4.79 Å². The molecule has 1 aromatic carbocycles. The summed E-state index contributed by atoms with van der Waals surface area (Å²) in [5.74, 6) is -0.368. The third kappa shape index (κ3) is 4.13. The van der Waals surface area contributed by atoms with Crippen LogP contribution < -0.4 is 10.6 Å². The van der Waals surface area contributed by atoms with Gasteiger partial charge in [0.15, 0.2) is 0 Å². The van der Waals surface area contributed by atoms with E-state index in [9.17, 15) is 4.79 Å². The Morgan fingerprint density at radius 2 is 2.16 bits per heavy atom. The van der Waals surface area contributed by atoms with E-state index in [1.54, 1.807) is 19.1 Å². The Hall–Kier alpha value is -1.75. The van der Waals surface area contributed by atoms with Crippen molar-refractivity contribution in [2.75, 3.05) is 36.9 Å². The Labute approximate surface area is 114 Å². The van der Waals surface area contributed by atoms with Crippen LogP contribution in [-0.4, -0.2) is 37.4 Å². The van der Waals surface area contributed by atoms with Crippen molar-refractivity contribution in [1.29, 1.82) is 0 Å². The summed E-state index contributed by atoms with van der Waals surface area (Å²) in [4.78, 5) is 14.0. The van der Waals surface area contributed by atoms with E-state index in [1.165, 1.54) is 0 Å². The van der Waals surface area contributed by atoms with Gasteiger partial charge in [-0.05, 0) is 38.5 Å². The highest BCUT2D eigenvalue weighted by molar-refractivity contribution is 5.97. The second-order valence-corrected chi connectivity index (χ2v) is 4.15. The summed E-state index contributed by atoms with van der Waals surface area (Å²) in [5, 5.41) is 8.93. The summed E-state index contributed by atoms with van der Waals surface area (Å²) in [6.45, 7) is 5.66. The highest BCUT2D eigenvalue weighted by atomic mass is 16.5. The van der Waals surface area contributed by atoms with E-state index >= 15 is 0 Å². The van der Waals surface area contributed by atoms with E-state index in [1.807, 2.05) is 17.9 Å². The van der Waals surface area contributed by atoms with Gasteiger partial charge in [-0.1, -0.05) is 0 Å². The van der Waals surface area contributed by atoms with Crippen molar-refractivity contribution in [3.63, 3.8) is 0 Å². The van der Waals surface area contributed by atoms with Crippen LogP contribution in [0, 0.1) is 0 Å². The molecule has 0 bridgehead atoms. The summed E-state index contributed by atoms with van der Waals surface area (Å²) in [6, 6.07) is 5.22. The van der Waals surface area contributed by atoms with Crippen LogP contribution in [0.2, 0.25) is 0 Å². The number of esters is 1. The molecular formula is C14H22N2O3. The molecule has 0 aliphatic carbocycles. The molecule has 1 rings (SSSR count). The minimum absolute atomic E-state index is 0.125. The van der Waals surface area contributed by atoms with Crippen LogP contribution in [0.4, 0.5) is 11.4 Å². The molecule has 19 heavy (non-hydrogen) atoms. The number of aliphatic hydroxyl groups excluding tert-OH is 1. The molecule has 0 atom stereocenters. The fourth-order valence-corrected chi connectivity index (χ4v) is 1.91. The number of anilines is 2. The molecule has 0 unspecified atom stereocenters. The molecule has 106 valence electrons. The minimum Gasteiger partial charge on any atom is -0.462 e. The number of aliphatic hydroxyl groups is 1. The first-order valence-electron chi connectivity index (χ1n) is 6.56. The van der Waals surface area contributed by atoms with E-state index in [4.69, 9.17) is 15.6 Å². The van der Waals surface area contributed by atoms with Gasteiger partial charge in [0.2, 0.25) is 0 Å². The van der Waals surface area contributed by atoms with Crippen molar-refractivity contribution in [3.05, 3.63) is 23.8 Å². The number of rotatable bonds is 7. The Morgan fingerprint density at radius 1 is 1.42 bits per heavy atom. The van der Waals surface area contributed by atoms with E-state index in [0.717, 1.165) is 12.2 Å². The van der Waals surface area contributed by atoms with E-state index in [0.29, 0.717) is 30.8 Å². The number of carbonyl (C=O) groups is 1. The first-order chi connectivity index (χ1) is 9.13. The zero-order valence-corrected chi connectivity index (χ0v) is 11.6. The molecule has 1 aromatic rings. The molecule has 0 fully saturated rings. The maximum absolute atomic E-state index is 12.0. The van der Waals surface area contributed by atoms with Gasteiger partial charge in [-0.15, -0.1) is 0 Å². The van der Waals surface area contributed by atoms with E-state index in [-0.39, 0.29) is 12.6 Å². The van der Waals surface area contributed by atoms with Gasteiger partial charge in [0.1, 0.15) is 0 Å². The summed E-state index contributed by atoms with van der Waals surface area (Å²) in [6.07, 6.45) is 0.653. The summed E-state index contributed by atoms with van der Waals surface area (Å²) < 4.78 is 5.05. The summed E-state index contributed by atoms with van der Waals surface area (Å²) in [5.41, 5.74) is 7.54. The minimum atomic E-state index is -0.368. The van der Waals surface area contributed by atoms with Crippen LogP contribution in [0.25, 0.3) is 0 Å². The average Bonchev–Trinajstić information content (AvgIpc) is 2.41. The van der Waals surface area contributed by atoms with Gasteiger partial charge in [0, 0.05) is 25.4 Å². The number of nitrogens with two attached hydrogens (primary N) is 1. The molecule has 0 aliphatic rings. The lowest BCUT2D eigenvalue weighted by Crippen LogP contribution is -2.27. The normalized spacial score (nSPS) is 10.3. The maximum atomic E-state index is 12.0. The highest BCUT2D eigenvalue weighted by Gasteiger charge is 2.17. The van der Waals surface area contributed by atoms with Crippen molar-refractivity contribution in [2.24, 2.45) is 0 Å². The third-order valence-corrected chi connectivity index (χ3v) is 2.82. The van der Waals surface area contributed by atoms with Gasteiger partial charge in [-0.3, -0.25) is 0 Å². The Morgan fingerprint density at radius 3 is 2.74 bits per heavy atom. The van der Waals surface area contributed by atoms with Crippen molar-refractivity contribution in [1.82, 2.24) is 0 Å². The molecule has 0 spiro atoms. The molecule has 5 heteroatoms. The molecule has 5 nitrogen and oxygen atoms in total. The van der Waals surface area contributed by atoms with Gasteiger partial charge < -0.3 is 20.5 Å². The van der Waals surface area contributed by atoms with E-state index in [2.05, 4.69) is 0 Å². The Balaban J connectivity index is 3.06. The van der Waals surface area contributed by atoms with Crippen molar-refractivity contribution < 1.29 is 14.6 Å². The monoisotopic (exact) mass is 266 g/mol. The number of ether oxygens (including phenoxy) is 1. The summed E-state index contributed by atoms with van der Waals surface area (Å²) in [7, 11) is 0. The van der Waals surface area contributed by atoms with Crippen molar-refractivity contribution in [2.45, 2.75) is 20.3 Å². The number of nitrogens with zero attached hydrogens (tertiary/aromatic N) is 1. The molecule has 3 N–H and O–H groups in total. The molecular weight excluding hydrogens is 244 g/mol. The Kier molecular flexibility index (Phi) is 6.15. The second-order valence-electron chi connectivity index (χ2n) is 4.15. The second kappa shape index (κ2) is 7.63. The third-order valence-electron chi connectivity index (χ3n) is 2.82. The first kappa shape index (κ1) is 15.3. The van der Waals surface area contributed by atoms with Crippen LogP contribution in [0.15, 0.2) is 18.2 Å². The van der Waals surface area contributed by atoms with Crippen LogP contribution in [0.5, 0.6) is 0 Å². The van der Waals surface area contributed by atoms with Gasteiger partial charge in [0.25, 0.3) is 0 Å². The van der Waals surface area contributed by atoms with Crippen molar-refractivity contribution >= 4 is 17.3 Å². The molecule has 0 radical (unpaired) electrons. The molecule has 0 saturated carbocycles. The molecule has 0 aliphatic heterocycles. The lowest BCUT2D eigenvalue weighted by atomic mass is 10.1. The van der Waals surface area contributed by atoms with Crippen LogP contribution >= 0.6 is 0 Å². The van der Waals surface area contributed by atoms with Gasteiger partial charge in [0.05, 0.1) is 17.9 Å². The predicted octanol–water partition coefficient (Wildman–Crippen LogP) is 1.65. The molecule has 0 amide bonds. The number of hydrogen-bond donors (Lipinski definition) is 2. The lowest BCUT2D eigenvalue weighted by molar-refractivity contribution is 0.0527. The number of benzene rings is 1. The zero-order chi connectivity index (χ0) is 14.3. The molecule has 0 heterocycles. The average molecular weight is 266 g/mol. The Bertz CT molecular complexity index is 421. The number of carbonyl (C=O) groups excluding carboxylic acids is 1. The zero-order valence-electron chi connectivity index (χ0n) is 11.6. The topological polar surface area (TPSA) is 75.8 Å². The van der Waals surface area contributed by atoms with Gasteiger partial charge in [-0.2, -0.15) is 0 Å². The predicted molar refractivity (Wildman–Crippen MR) is 76.4 cm³/mol. The van der Waals surface area contributed by atoms with Crippen LogP contribution in [0.1, 0.15) is 30.6 Å². The lowest BCUT2D eigenvalue weighted by Gasteiger charge is -2.25. The number of hydrogen-bond acceptors (Lipinski definition) is 5. The SMILES string of the molecule is CCOC(=O)c1cc(N)ccc1N(CC)CCCO. The molecule has 0 aromatic heterocycles. The van der Waals surface area contributed by atoms with Crippen LogP contribution in [-0.2, 0) is 4.74 Å². The molecule has 0 saturated heterocycles. The summed E-state index contributed by atoms with van der Waals surface area (Å²) >= 11 is 0.